The van der Waals surface area contributed by atoms with E-state index >= 15 is 0 Å². The second kappa shape index (κ2) is 5.16. The zero-order valence-corrected chi connectivity index (χ0v) is 10.2. The average molecular weight is 206 g/mol. The largest absolute Gasteiger partial charge is 0.144 e. The molecule has 0 nitrogen and oxygen atoms in total. The molecule has 0 saturated heterocycles. The molecule has 0 unspecified atom stereocenters. The van der Waals surface area contributed by atoms with Crippen molar-refractivity contribution in [3.8, 4) is 0 Å². The van der Waals surface area contributed by atoms with Gasteiger partial charge in [-0.25, -0.2) is 0 Å². The van der Waals surface area contributed by atoms with Crippen molar-refractivity contribution in [3.63, 3.8) is 0 Å². The predicted octanol–water partition coefficient (Wildman–Crippen LogP) is 5.05. The summed E-state index contributed by atoms with van der Waals surface area (Å²) in [4.78, 5) is 0. The second-order valence-corrected chi connectivity index (χ2v) is 4.32. The molecule has 0 radical (unpaired) electrons. The number of rotatable bonds is 1. The highest BCUT2D eigenvalue weighted by Gasteiger charge is 2.00. The zero-order valence-electron chi connectivity index (χ0n) is 9.37. The average Bonchev–Trinajstić information content (AvgIpc) is 2.67. The summed E-state index contributed by atoms with van der Waals surface area (Å²) in [5.74, 6) is 0.634. The van der Waals surface area contributed by atoms with Gasteiger partial charge in [0.2, 0.25) is 0 Å². The van der Waals surface area contributed by atoms with Crippen LogP contribution in [0.4, 0.5) is 0 Å². The Kier molecular flexibility index (Phi) is 4.15. The van der Waals surface area contributed by atoms with Crippen LogP contribution in [-0.2, 0) is 0 Å². The van der Waals surface area contributed by atoms with Crippen molar-refractivity contribution in [2.75, 3.05) is 0 Å². The van der Waals surface area contributed by atoms with Crippen LogP contribution in [0.2, 0.25) is 0 Å². The quantitative estimate of drug-likeness (QED) is 0.612. The van der Waals surface area contributed by atoms with E-state index in [-0.39, 0.29) is 0 Å². The molecule has 0 aliphatic heterocycles. The molecule has 0 amide bonds. The lowest BCUT2D eigenvalue weighted by atomic mass is 10.0. The Hall–Kier alpha value is -0.820. The van der Waals surface area contributed by atoms with Crippen LogP contribution >= 0.6 is 11.3 Å². The summed E-state index contributed by atoms with van der Waals surface area (Å²) in [6, 6.07) is 8.92. The van der Waals surface area contributed by atoms with Crippen molar-refractivity contribution in [1.29, 1.82) is 0 Å². The number of hydrogen-bond acceptors (Lipinski definition) is 1. The molecule has 0 spiro atoms. The van der Waals surface area contributed by atoms with Gasteiger partial charge >= 0.3 is 0 Å². The van der Waals surface area contributed by atoms with Gasteiger partial charge in [-0.15, -0.1) is 11.3 Å². The fourth-order valence-electron chi connectivity index (χ4n) is 1.34. The smallest absolute Gasteiger partial charge is 0.0342 e. The van der Waals surface area contributed by atoms with E-state index in [0.717, 1.165) is 0 Å². The summed E-state index contributed by atoms with van der Waals surface area (Å²) >= 11 is 1.81. The minimum absolute atomic E-state index is 0.634. The number of benzene rings is 1. The molecule has 1 aromatic carbocycles. The van der Waals surface area contributed by atoms with E-state index in [1.54, 1.807) is 0 Å². The predicted molar refractivity (Wildman–Crippen MR) is 67.3 cm³/mol. The van der Waals surface area contributed by atoms with Gasteiger partial charge in [0.1, 0.15) is 0 Å². The van der Waals surface area contributed by atoms with Crippen molar-refractivity contribution >= 4 is 21.4 Å². The maximum atomic E-state index is 2.29. The molecular weight excluding hydrogens is 188 g/mol. The molecule has 2 rings (SSSR count). The molecule has 0 N–H and O–H groups in total. The minimum atomic E-state index is 0.634. The minimum Gasteiger partial charge on any atom is -0.144 e. The van der Waals surface area contributed by atoms with Crippen LogP contribution in [0, 0.1) is 0 Å². The van der Waals surface area contributed by atoms with Crippen molar-refractivity contribution < 1.29 is 0 Å². The molecule has 2 aromatic rings. The Morgan fingerprint density at radius 2 is 1.79 bits per heavy atom. The van der Waals surface area contributed by atoms with Crippen LogP contribution in [0.3, 0.4) is 0 Å². The molecular formula is C13H18S. The highest BCUT2D eigenvalue weighted by atomic mass is 32.1. The van der Waals surface area contributed by atoms with Gasteiger partial charge in [0, 0.05) is 4.70 Å². The van der Waals surface area contributed by atoms with Crippen LogP contribution in [0.1, 0.15) is 39.2 Å². The monoisotopic (exact) mass is 206 g/mol. The fraction of sp³-hybridized carbons (Fsp3) is 0.385. The molecule has 0 fully saturated rings. The normalized spacial score (nSPS) is 10.1. The van der Waals surface area contributed by atoms with E-state index < -0.39 is 0 Å². The highest BCUT2D eigenvalue weighted by Crippen LogP contribution is 2.24. The molecule has 76 valence electrons. The molecule has 1 aromatic heterocycles. The first-order valence-corrected chi connectivity index (χ1v) is 6.12. The Balaban J connectivity index is 0.000000461. The van der Waals surface area contributed by atoms with Crippen molar-refractivity contribution in [2.24, 2.45) is 0 Å². The number of fused-ring (bicyclic) bond motifs is 1. The molecule has 1 heteroatoms. The van der Waals surface area contributed by atoms with Gasteiger partial charge in [0.15, 0.2) is 0 Å². The first kappa shape index (κ1) is 11.3. The van der Waals surface area contributed by atoms with Gasteiger partial charge in [0.25, 0.3) is 0 Å². The van der Waals surface area contributed by atoms with Crippen LogP contribution in [-0.4, -0.2) is 0 Å². The van der Waals surface area contributed by atoms with E-state index in [4.69, 9.17) is 0 Å². The first-order valence-electron chi connectivity index (χ1n) is 5.24. The Labute approximate surface area is 90.6 Å². The summed E-state index contributed by atoms with van der Waals surface area (Å²) in [7, 11) is 0. The topological polar surface area (TPSA) is 0 Å². The second-order valence-electron chi connectivity index (χ2n) is 3.37. The Bertz CT molecular complexity index is 385. The van der Waals surface area contributed by atoms with E-state index in [0.29, 0.717) is 5.92 Å². The van der Waals surface area contributed by atoms with Gasteiger partial charge in [-0.2, -0.15) is 0 Å². The third-order valence-corrected chi connectivity index (χ3v) is 3.04. The molecule has 0 saturated carbocycles. The fourth-order valence-corrected chi connectivity index (χ4v) is 2.12. The highest BCUT2D eigenvalue weighted by molar-refractivity contribution is 7.17. The van der Waals surface area contributed by atoms with Gasteiger partial charge in [-0.3, -0.25) is 0 Å². The summed E-state index contributed by atoms with van der Waals surface area (Å²) in [6.45, 7) is 8.46. The maximum Gasteiger partial charge on any atom is 0.0342 e. The standard InChI is InChI=1S/C11H12S.C2H6/c1-8(2)9-3-4-11-10(7-9)5-6-12-11;1-2/h3-8H,1-2H3;1-2H3. The molecule has 0 aliphatic rings. The summed E-state index contributed by atoms with van der Waals surface area (Å²) in [5.41, 5.74) is 1.43. The van der Waals surface area contributed by atoms with Crippen LogP contribution in [0.5, 0.6) is 0 Å². The van der Waals surface area contributed by atoms with Crippen molar-refractivity contribution in [3.05, 3.63) is 35.2 Å². The molecule has 1 heterocycles. The maximum absolute atomic E-state index is 2.29. The molecule has 14 heavy (non-hydrogen) atoms. The number of hydrogen-bond donors (Lipinski definition) is 0. The van der Waals surface area contributed by atoms with E-state index in [2.05, 4.69) is 43.5 Å². The van der Waals surface area contributed by atoms with Gasteiger partial charge < -0.3 is 0 Å². The van der Waals surface area contributed by atoms with Crippen molar-refractivity contribution in [2.45, 2.75) is 33.6 Å². The lowest BCUT2D eigenvalue weighted by Crippen LogP contribution is -1.84. The van der Waals surface area contributed by atoms with Gasteiger partial charge in [-0.1, -0.05) is 39.8 Å². The molecule has 0 bridgehead atoms. The Morgan fingerprint density at radius 3 is 2.43 bits per heavy atom. The third-order valence-electron chi connectivity index (χ3n) is 2.14. The summed E-state index contributed by atoms with van der Waals surface area (Å²) in [6.07, 6.45) is 0. The van der Waals surface area contributed by atoms with Gasteiger partial charge in [-0.05, 0) is 34.4 Å². The summed E-state index contributed by atoms with van der Waals surface area (Å²) < 4.78 is 1.39. The molecule has 0 aliphatic carbocycles. The first-order chi connectivity index (χ1) is 6.77. The van der Waals surface area contributed by atoms with E-state index in [1.165, 1.54) is 15.6 Å². The van der Waals surface area contributed by atoms with Crippen LogP contribution in [0.25, 0.3) is 10.1 Å². The van der Waals surface area contributed by atoms with E-state index in [9.17, 15) is 0 Å². The lowest BCUT2D eigenvalue weighted by Gasteiger charge is -2.03. The zero-order chi connectivity index (χ0) is 10.6. The van der Waals surface area contributed by atoms with E-state index in [1.807, 2.05) is 25.2 Å². The lowest BCUT2D eigenvalue weighted by molar-refractivity contribution is 0.869. The van der Waals surface area contributed by atoms with Crippen LogP contribution in [0.15, 0.2) is 29.6 Å². The number of thiophene rings is 1. The summed E-state index contributed by atoms with van der Waals surface area (Å²) in [5, 5.41) is 3.53. The SMILES string of the molecule is CC.CC(C)c1ccc2sccc2c1. The van der Waals surface area contributed by atoms with Crippen LogP contribution < -0.4 is 0 Å². The third kappa shape index (κ3) is 2.36. The van der Waals surface area contributed by atoms with Crippen molar-refractivity contribution in [1.82, 2.24) is 0 Å². The van der Waals surface area contributed by atoms with Gasteiger partial charge in [0.05, 0.1) is 0 Å². The Morgan fingerprint density at radius 1 is 1.07 bits per heavy atom. The molecule has 0 atom stereocenters.